The number of aromatic nitrogens is 3. The van der Waals surface area contributed by atoms with Crippen LogP contribution < -0.4 is 0 Å². The van der Waals surface area contributed by atoms with Crippen LogP contribution in [0.5, 0.6) is 0 Å². The van der Waals surface area contributed by atoms with Gasteiger partial charge in [-0.2, -0.15) is 13.2 Å². The predicted molar refractivity (Wildman–Crippen MR) is 65.4 cm³/mol. The molecule has 0 saturated carbocycles. The van der Waals surface area contributed by atoms with Crippen LogP contribution in [0.1, 0.15) is 29.1 Å². The van der Waals surface area contributed by atoms with Crippen molar-refractivity contribution in [1.29, 1.82) is 0 Å². The number of rotatable bonds is 2. The molecule has 0 fully saturated rings. The summed E-state index contributed by atoms with van der Waals surface area (Å²) in [5, 5.41) is 7.24. The predicted octanol–water partition coefficient (Wildman–Crippen LogP) is 3.89. The Morgan fingerprint density at radius 3 is 2.53 bits per heavy atom. The van der Waals surface area contributed by atoms with Gasteiger partial charge in [0.25, 0.3) is 0 Å². The third-order valence-electron chi connectivity index (χ3n) is 2.71. The average molecular weight is 290 g/mol. The standard InChI is InChI=1S/C12H11ClF3N3/c1-7-3-4-9(5-10(7)12(14,15)16)19-6-11(8(2)13)17-18-19/h3-6,8H,1-2H3. The summed E-state index contributed by atoms with van der Waals surface area (Å²) in [4.78, 5) is 0. The first-order valence-electron chi connectivity index (χ1n) is 5.53. The summed E-state index contributed by atoms with van der Waals surface area (Å²) >= 11 is 5.84. The Labute approximate surface area is 113 Å². The van der Waals surface area contributed by atoms with E-state index in [-0.39, 0.29) is 10.9 Å². The van der Waals surface area contributed by atoms with Gasteiger partial charge in [-0.25, -0.2) is 4.68 Å². The minimum absolute atomic E-state index is 0.169. The van der Waals surface area contributed by atoms with E-state index in [0.29, 0.717) is 11.4 Å². The largest absolute Gasteiger partial charge is 0.416 e. The fraction of sp³-hybridized carbons (Fsp3) is 0.333. The molecule has 2 aromatic rings. The maximum Gasteiger partial charge on any atom is 0.416 e. The maximum absolute atomic E-state index is 12.8. The molecule has 0 aliphatic carbocycles. The van der Waals surface area contributed by atoms with Crippen LogP contribution in [0, 0.1) is 6.92 Å². The highest BCUT2D eigenvalue weighted by molar-refractivity contribution is 6.20. The van der Waals surface area contributed by atoms with Crippen LogP contribution in [-0.2, 0) is 6.18 Å². The lowest BCUT2D eigenvalue weighted by Gasteiger charge is -2.11. The Morgan fingerprint density at radius 1 is 1.32 bits per heavy atom. The lowest BCUT2D eigenvalue weighted by Crippen LogP contribution is -2.09. The first kappa shape index (κ1) is 13.9. The minimum atomic E-state index is -4.39. The molecule has 1 heterocycles. The molecule has 0 spiro atoms. The average Bonchev–Trinajstić information content (AvgIpc) is 2.77. The lowest BCUT2D eigenvalue weighted by atomic mass is 10.1. The van der Waals surface area contributed by atoms with Crippen LogP contribution in [0.4, 0.5) is 13.2 Å². The van der Waals surface area contributed by atoms with Gasteiger partial charge in [0.05, 0.1) is 22.8 Å². The molecule has 0 aliphatic rings. The molecule has 0 saturated heterocycles. The van der Waals surface area contributed by atoms with Crippen molar-refractivity contribution in [2.24, 2.45) is 0 Å². The first-order valence-corrected chi connectivity index (χ1v) is 5.97. The Balaban J connectivity index is 2.45. The summed E-state index contributed by atoms with van der Waals surface area (Å²) < 4.78 is 39.7. The summed E-state index contributed by atoms with van der Waals surface area (Å²) in [5.74, 6) is 0. The zero-order valence-electron chi connectivity index (χ0n) is 10.2. The van der Waals surface area contributed by atoms with Crippen molar-refractivity contribution in [3.63, 3.8) is 0 Å². The van der Waals surface area contributed by atoms with E-state index >= 15 is 0 Å². The lowest BCUT2D eigenvalue weighted by molar-refractivity contribution is -0.138. The van der Waals surface area contributed by atoms with E-state index in [9.17, 15) is 13.2 Å². The molecule has 1 aromatic heterocycles. The number of aryl methyl sites for hydroxylation is 1. The highest BCUT2D eigenvalue weighted by Gasteiger charge is 2.32. The Hall–Kier alpha value is -1.56. The quantitative estimate of drug-likeness (QED) is 0.785. The Kier molecular flexibility index (Phi) is 3.54. The van der Waals surface area contributed by atoms with Gasteiger partial charge in [0.15, 0.2) is 0 Å². The fourth-order valence-corrected chi connectivity index (χ4v) is 1.74. The summed E-state index contributed by atoms with van der Waals surface area (Å²) in [5.41, 5.74) is 0.299. The topological polar surface area (TPSA) is 30.7 Å². The maximum atomic E-state index is 12.8. The Morgan fingerprint density at radius 2 is 2.00 bits per heavy atom. The van der Waals surface area contributed by atoms with Gasteiger partial charge in [-0.05, 0) is 31.5 Å². The van der Waals surface area contributed by atoms with Gasteiger partial charge < -0.3 is 0 Å². The molecule has 7 heteroatoms. The molecule has 0 amide bonds. The molecule has 2 rings (SSSR count). The second-order valence-corrected chi connectivity index (χ2v) is 4.86. The number of benzene rings is 1. The molecule has 1 unspecified atom stereocenters. The molecule has 102 valence electrons. The molecule has 0 bridgehead atoms. The van der Waals surface area contributed by atoms with E-state index < -0.39 is 11.7 Å². The van der Waals surface area contributed by atoms with Crippen LogP contribution in [-0.4, -0.2) is 15.0 Å². The zero-order valence-corrected chi connectivity index (χ0v) is 11.0. The van der Waals surface area contributed by atoms with E-state index in [4.69, 9.17) is 11.6 Å². The normalized spacial score (nSPS) is 13.6. The van der Waals surface area contributed by atoms with E-state index in [2.05, 4.69) is 10.3 Å². The highest BCUT2D eigenvalue weighted by Crippen LogP contribution is 2.33. The SMILES string of the molecule is Cc1ccc(-n2cc(C(C)Cl)nn2)cc1C(F)(F)F. The van der Waals surface area contributed by atoms with Crippen LogP contribution in [0.25, 0.3) is 5.69 Å². The third-order valence-corrected chi connectivity index (χ3v) is 2.93. The zero-order chi connectivity index (χ0) is 14.2. The van der Waals surface area contributed by atoms with Gasteiger partial charge in [0.1, 0.15) is 5.69 Å². The van der Waals surface area contributed by atoms with E-state index in [0.717, 1.165) is 6.07 Å². The first-order chi connectivity index (χ1) is 8.79. The number of hydrogen-bond acceptors (Lipinski definition) is 2. The summed E-state index contributed by atoms with van der Waals surface area (Å²) in [7, 11) is 0. The molecule has 1 atom stereocenters. The van der Waals surface area contributed by atoms with Crippen LogP contribution >= 0.6 is 11.6 Å². The molecule has 19 heavy (non-hydrogen) atoms. The number of nitrogens with zero attached hydrogens (tertiary/aromatic N) is 3. The molecule has 0 N–H and O–H groups in total. The molecule has 3 nitrogen and oxygen atoms in total. The van der Waals surface area contributed by atoms with Gasteiger partial charge in [-0.1, -0.05) is 11.3 Å². The molecular formula is C12H11ClF3N3. The molecular weight excluding hydrogens is 279 g/mol. The van der Waals surface area contributed by atoms with Crippen LogP contribution in [0.15, 0.2) is 24.4 Å². The van der Waals surface area contributed by atoms with E-state index in [1.807, 2.05) is 0 Å². The minimum Gasteiger partial charge on any atom is -0.220 e. The van der Waals surface area contributed by atoms with E-state index in [1.54, 1.807) is 13.0 Å². The fourth-order valence-electron chi connectivity index (χ4n) is 1.64. The Bertz CT molecular complexity index is 590. The van der Waals surface area contributed by atoms with Gasteiger partial charge >= 0.3 is 6.18 Å². The van der Waals surface area contributed by atoms with Crippen LogP contribution in [0.3, 0.4) is 0 Å². The van der Waals surface area contributed by atoms with Gasteiger partial charge in [0, 0.05) is 0 Å². The van der Waals surface area contributed by atoms with Gasteiger partial charge in [0.2, 0.25) is 0 Å². The van der Waals surface area contributed by atoms with Crippen molar-refractivity contribution in [2.45, 2.75) is 25.4 Å². The summed E-state index contributed by atoms with van der Waals surface area (Å²) in [6, 6.07) is 4.01. The number of alkyl halides is 4. The van der Waals surface area contributed by atoms with Crippen molar-refractivity contribution in [2.75, 3.05) is 0 Å². The monoisotopic (exact) mass is 289 g/mol. The second kappa shape index (κ2) is 4.85. The van der Waals surface area contributed by atoms with Crippen LogP contribution in [0.2, 0.25) is 0 Å². The van der Waals surface area contributed by atoms with Crippen molar-refractivity contribution in [3.8, 4) is 5.69 Å². The second-order valence-electron chi connectivity index (χ2n) is 4.20. The number of halogens is 4. The summed E-state index contributed by atoms with van der Waals surface area (Å²) in [6.45, 7) is 3.13. The van der Waals surface area contributed by atoms with Gasteiger partial charge in [-0.3, -0.25) is 0 Å². The van der Waals surface area contributed by atoms with Gasteiger partial charge in [-0.15, -0.1) is 16.7 Å². The molecule has 1 aromatic carbocycles. The molecule has 0 radical (unpaired) electrons. The highest BCUT2D eigenvalue weighted by atomic mass is 35.5. The van der Waals surface area contributed by atoms with Crippen molar-refractivity contribution in [1.82, 2.24) is 15.0 Å². The summed E-state index contributed by atoms with van der Waals surface area (Å²) in [6.07, 6.45) is -2.87. The van der Waals surface area contributed by atoms with Crippen molar-refractivity contribution < 1.29 is 13.2 Å². The third kappa shape index (κ3) is 2.89. The number of hydrogen-bond donors (Lipinski definition) is 0. The smallest absolute Gasteiger partial charge is 0.220 e. The van der Waals surface area contributed by atoms with Crippen molar-refractivity contribution in [3.05, 3.63) is 41.2 Å². The van der Waals surface area contributed by atoms with E-state index in [1.165, 1.54) is 23.9 Å². The molecule has 0 aliphatic heterocycles. The van der Waals surface area contributed by atoms with Crippen molar-refractivity contribution >= 4 is 11.6 Å².